The summed E-state index contributed by atoms with van der Waals surface area (Å²) in [6.07, 6.45) is 4.27. The molecule has 1 aromatic carbocycles. The predicted octanol–water partition coefficient (Wildman–Crippen LogP) is 5.76. The van der Waals surface area contributed by atoms with Crippen LogP contribution in [-0.4, -0.2) is 72.6 Å². The molecule has 1 aliphatic rings. The molecule has 11 nitrogen and oxygen atoms in total. The monoisotopic (exact) mass is 584 g/mol. The van der Waals surface area contributed by atoms with Gasteiger partial charge in [-0.1, -0.05) is 33.3 Å². The number of nitrogens with two attached hydrogens (primary N) is 2. The van der Waals surface area contributed by atoms with Crippen LogP contribution in [0.25, 0.3) is 0 Å². The van der Waals surface area contributed by atoms with E-state index in [1.54, 1.807) is 18.2 Å². The summed E-state index contributed by atoms with van der Waals surface area (Å²) in [5.41, 5.74) is 14.5. The predicted molar refractivity (Wildman–Crippen MR) is 176 cm³/mol. The van der Waals surface area contributed by atoms with Crippen LogP contribution in [0.4, 0.5) is 27.9 Å². The van der Waals surface area contributed by atoms with Crippen molar-refractivity contribution in [1.82, 2.24) is 14.9 Å². The minimum atomic E-state index is -0.506. The molecule has 3 rings (SSSR count). The standard InChI is InChI=1S/C27H42N8O3.C2H6.C2H4/c1-6-7-11-31-24-23(28)21(32-25(29)33-24)18-30-17-19-9-10-20(16-22(19)37-5)34-12-8-13-35(15-14-34)26(36)38-27(2,3)4;2*1-2/h9-10,16,18H,6-8,11-15,17,28H2,1-5H3,(H3,29,31,32,33);1-2H3;1-2H2. The van der Waals surface area contributed by atoms with Gasteiger partial charge in [0.1, 0.15) is 22.7 Å². The largest absolute Gasteiger partial charge is 0.496 e. The lowest BCUT2D eigenvalue weighted by Gasteiger charge is -2.27. The minimum absolute atomic E-state index is 0.143. The van der Waals surface area contributed by atoms with Crippen LogP contribution >= 0.6 is 0 Å². The Bertz CT molecular complexity index is 1130. The van der Waals surface area contributed by atoms with Crippen LogP contribution in [0.5, 0.6) is 5.75 Å². The lowest BCUT2D eigenvalue weighted by molar-refractivity contribution is 0.0263. The number of nitrogen functional groups attached to an aromatic ring is 2. The fourth-order valence-electron chi connectivity index (χ4n) is 4.10. The van der Waals surface area contributed by atoms with Crippen molar-refractivity contribution >= 4 is 35.4 Å². The Morgan fingerprint density at radius 2 is 1.86 bits per heavy atom. The van der Waals surface area contributed by atoms with Gasteiger partial charge in [-0.2, -0.15) is 4.98 Å². The molecule has 11 heteroatoms. The van der Waals surface area contributed by atoms with E-state index in [0.29, 0.717) is 43.4 Å². The summed E-state index contributed by atoms with van der Waals surface area (Å²) in [7, 11) is 1.65. The molecule has 0 atom stereocenters. The number of amides is 1. The Balaban J connectivity index is 0.00000211. The first-order chi connectivity index (χ1) is 20.1. The van der Waals surface area contributed by atoms with Gasteiger partial charge in [-0.3, -0.25) is 4.99 Å². The number of hydrogen-bond acceptors (Lipinski definition) is 10. The number of hydrogen-bond donors (Lipinski definition) is 3. The lowest BCUT2D eigenvalue weighted by atomic mass is 10.1. The molecule has 0 bridgehead atoms. The summed E-state index contributed by atoms with van der Waals surface area (Å²) < 4.78 is 11.2. The SMILES string of the molecule is C=C.CC.CCCCNc1nc(N)nc(C=NCc2ccc(N3CCCN(C(=O)OC(C)(C)C)CC3)cc2OC)c1N. The van der Waals surface area contributed by atoms with Crippen LogP contribution in [0.15, 0.2) is 36.3 Å². The van der Waals surface area contributed by atoms with Crippen molar-refractivity contribution in [3.63, 3.8) is 0 Å². The molecular formula is C31H52N8O3. The van der Waals surface area contributed by atoms with Crippen molar-refractivity contribution in [2.24, 2.45) is 4.99 Å². The number of rotatable bonds is 9. The van der Waals surface area contributed by atoms with Crippen molar-refractivity contribution in [2.75, 3.05) is 61.5 Å². The molecule has 234 valence electrons. The zero-order chi connectivity index (χ0) is 31.7. The van der Waals surface area contributed by atoms with Crippen LogP contribution in [0.1, 0.15) is 72.1 Å². The number of unbranched alkanes of at least 4 members (excludes halogenated alkanes) is 1. The zero-order valence-corrected chi connectivity index (χ0v) is 26.7. The van der Waals surface area contributed by atoms with Crippen LogP contribution in [0.3, 0.4) is 0 Å². The lowest BCUT2D eigenvalue weighted by Crippen LogP contribution is -2.39. The quantitative estimate of drug-likeness (QED) is 0.190. The Morgan fingerprint density at radius 1 is 1.14 bits per heavy atom. The Hall–Kier alpha value is -4.02. The van der Waals surface area contributed by atoms with E-state index in [1.165, 1.54) is 0 Å². The average Bonchev–Trinajstić information content (AvgIpc) is 3.23. The van der Waals surface area contributed by atoms with Crippen molar-refractivity contribution in [1.29, 1.82) is 0 Å². The number of nitrogens with one attached hydrogen (secondary N) is 1. The van der Waals surface area contributed by atoms with Gasteiger partial charge in [0.2, 0.25) is 5.95 Å². The highest BCUT2D eigenvalue weighted by Crippen LogP contribution is 2.28. The maximum absolute atomic E-state index is 12.5. The first kappa shape index (κ1) is 36.0. The number of carbonyl (C=O) groups excluding carboxylic acids is 1. The molecule has 2 heterocycles. The molecule has 5 N–H and O–H groups in total. The fraction of sp³-hybridized carbons (Fsp3) is 0.548. The summed E-state index contributed by atoms with van der Waals surface area (Å²) in [6.45, 7) is 21.7. The molecule has 2 aromatic rings. The third-order valence-corrected chi connectivity index (χ3v) is 6.07. The van der Waals surface area contributed by atoms with Gasteiger partial charge in [-0.25, -0.2) is 9.78 Å². The van der Waals surface area contributed by atoms with Crippen molar-refractivity contribution in [3.8, 4) is 5.75 Å². The second-order valence-electron chi connectivity index (χ2n) is 10.3. The van der Waals surface area contributed by atoms with Gasteiger partial charge in [0, 0.05) is 56.3 Å². The molecule has 0 spiro atoms. The summed E-state index contributed by atoms with van der Waals surface area (Å²) >= 11 is 0. The van der Waals surface area contributed by atoms with E-state index < -0.39 is 5.60 Å². The molecular weight excluding hydrogens is 532 g/mol. The first-order valence-corrected chi connectivity index (χ1v) is 14.7. The number of carbonyl (C=O) groups is 1. The third kappa shape index (κ3) is 11.5. The summed E-state index contributed by atoms with van der Waals surface area (Å²) in [6, 6.07) is 6.08. The van der Waals surface area contributed by atoms with E-state index in [4.69, 9.17) is 20.9 Å². The molecule has 1 fully saturated rings. The average molecular weight is 585 g/mol. The Morgan fingerprint density at radius 3 is 2.50 bits per heavy atom. The second-order valence-corrected chi connectivity index (χ2v) is 10.3. The van der Waals surface area contributed by atoms with E-state index in [9.17, 15) is 4.79 Å². The molecule has 1 amide bonds. The number of ether oxygens (including phenoxy) is 2. The maximum Gasteiger partial charge on any atom is 0.410 e. The summed E-state index contributed by atoms with van der Waals surface area (Å²) in [5.74, 6) is 1.41. The Labute approximate surface area is 252 Å². The summed E-state index contributed by atoms with van der Waals surface area (Å²) in [5, 5.41) is 3.21. The molecule has 0 saturated carbocycles. The van der Waals surface area contributed by atoms with Crippen molar-refractivity contribution in [3.05, 3.63) is 42.6 Å². The van der Waals surface area contributed by atoms with Crippen molar-refractivity contribution < 1.29 is 14.3 Å². The molecule has 1 saturated heterocycles. The molecule has 1 aromatic heterocycles. The smallest absolute Gasteiger partial charge is 0.410 e. The van der Waals surface area contributed by atoms with Crippen LogP contribution in [-0.2, 0) is 11.3 Å². The number of benzene rings is 1. The number of nitrogens with zero attached hydrogens (tertiary/aromatic N) is 5. The third-order valence-electron chi connectivity index (χ3n) is 6.07. The highest BCUT2D eigenvalue weighted by molar-refractivity contribution is 5.88. The first-order valence-electron chi connectivity index (χ1n) is 14.7. The molecule has 0 radical (unpaired) electrons. The van der Waals surface area contributed by atoms with Gasteiger partial charge in [-0.05, 0) is 39.7 Å². The highest BCUT2D eigenvalue weighted by atomic mass is 16.6. The topological polar surface area (TPSA) is 144 Å². The van der Waals surface area contributed by atoms with Crippen molar-refractivity contribution in [2.45, 2.75) is 73.0 Å². The molecule has 42 heavy (non-hydrogen) atoms. The van der Waals surface area contributed by atoms with Gasteiger partial charge < -0.3 is 36.1 Å². The van der Waals surface area contributed by atoms with Gasteiger partial charge >= 0.3 is 6.09 Å². The number of aliphatic imine (C=N–C) groups is 1. The molecule has 1 aliphatic heterocycles. The normalized spacial score (nSPS) is 13.3. The van der Waals surface area contributed by atoms with Gasteiger partial charge in [-0.15, -0.1) is 13.2 Å². The fourth-order valence-corrected chi connectivity index (χ4v) is 4.10. The zero-order valence-electron chi connectivity index (χ0n) is 26.7. The van der Waals surface area contributed by atoms with E-state index >= 15 is 0 Å². The molecule has 0 aliphatic carbocycles. The van der Waals surface area contributed by atoms with Gasteiger partial charge in [0.05, 0.1) is 13.7 Å². The highest BCUT2D eigenvalue weighted by Gasteiger charge is 2.24. The van der Waals surface area contributed by atoms with Gasteiger partial charge in [0.15, 0.2) is 5.82 Å². The number of anilines is 4. The van der Waals surface area contributed by atoms with Gasteiger partial charge in [0.25, 0.3) is 0 Å². The van der Waals surface area contributed by atoms with E-state index in [1.807, 2.05) is 46.8 Å². The maximum atomic E-state index is 12.5. The minimum Gasteiger partial charge on any atom is -0.496 e. The van der Waals surface area contributed by atoms with Crippen LogP contribution in [0.2, 0.25) is 0 Å². The number of aromatic nitrogens is 2. The number of methoxy groups -OCH3 is 1. The Kier molecular flexibility index (Phi) is 15.8. The van der Waals surface area contributed by atoms with E-state index in [2.05, 4.69) is 51.3 Å². The van der Waals surface area contributed by atoms with Crippen LogP contribution in [0, 0.1) is 0 Å². The summed E-state index contributed by atoms with van der Waals surface area (Å²) in [4.78, 5) is 29.5. The van der Waals surface area contributed by atoms with Crippen LogP contribution < -0.4 is 26.4 Å². The second kappa shape index (κ2) is 18.4. The van der Waals surface area contributed by atoms with E-state index in [0.717, 1.165) is 49.4 Å². The van der Waals surface area contributed by atoms with E-state index in [-0.39, 0.29) is 12.0 Å². The molecule has 0 unspecified atom stereocenters.